The van der Waals surface area contributed by atoms with Gasteiger partial charge >= 0.3 is 0 Å². The molecule has 0 spiro atoms. The van der Waals surface area contributed by atoms with Gasteiger partial charge in [0.2, 0.25) is 5.91 Å². The van der Waals surface area contributed by atoms with Gasteiger partial charge in [0.15, 0.2) is 9.84 Å². The van der Waals surface area contributed by atoms with Gasteiger partial charge in [0.1, 0.15) is 0 Å². The Hall–Kier alpha value is -0.620. The van der Waals surface area contributed by atoms with Crippen molar-refractivity contribution in [3.05, 3.63) is 0 Å². The first-order chi connectivity index (χ1) is 8.32. The Bertz CT molecular complexity index is 421. The molecule has 2 unspecified atom stereocenters. The van der Waals surface area contributed by atoms with Crippen molar-refractivity contribution in [1.29, 1.82) is 0 Å². The van der Waals surface area contributed by atoms with E-state index in [0.717, 1.165) is 25.7 Å². The molecule has 5 nitrogen and oxygen atoms in total. The fourth-order valence-corrected chi connectivity index (χ4v) is 4.22. The van der Waals surface area contributed by atoms with Crippen molar-refractivity contribution >= 4 is 15.7 Å². The highest BCUT2D eigenvalue weighted by atomic mass is 32.2. The van der Waals surface area contributed by atoms with Crippen molar-refractivity contribution < 1.29 is 13.2 Å². The Morgan fingerprint density at radius 2 is 1.94 bits per heavy atom. The average Bonchev–Trinajstić information content (AvgIpc) is 2.28. The van der Waals surface area contributed by atoms with Gasteiger partial charge in [-0.1, -0.05) is 19.8 Å². The first-order valence-corrected chi connectivity index (χ1v) is 8.43. The van der Waals surface area contributed by atoms with E-state index in [1.165, 1.54) is 0 Å². The van der Waals surface area contributed by atoms with E-state index in [0.29, 0.717) is 19.0 Å². The predicted molar refractivity (Wildman–Crippen MR) is 69.8 cm³/mol. The van der Waals surface area contributed by atoms with Crippen LogP contribution in [0.4, 0.5) is 0 Å². The summed E-state index contributed by atoms with van der Waals surface area (Å²) >= 11 is 0. The second kappa shape index (κ2) is 4.81. The fraction of sp³-hybridized carbons (Fsp3) is 0.917. The fourth-order valence-electron chi connectivity index (χ4n) is 3.02. The first-order valence-electron chi connectivity index (χ1n) is 6.61. The van der Waals surface area contributed by atoms with Crippen molar-refractivity contribution in [1.82, 2.24) is 4.90 Å². The highest BCUT2D eigenvalue weighted by Gasteiger charge is 2.41. The molecule has 104 valence electrons. The zero-order valence-corrected chi connectivity index (χ0v) is 11.7. The Morgan fingerprint density at radius 3 is 2.50 bits per heavy atom. The summed E-state index contributed by atoms with van der Waals surface area (Å²) in [6.45, 7) is 2.72. The van der Waals surface area contributed by atoms with Gasteiger partial charge in [-0.25, -0.2) is 8.42 Å². The van der Waals surface area contributed by atoms with Gasteiger partial charge in [-0.15, -0.1) is 0 Å². The molecule has 2 aliphatic rings. The summed E-state index contributed by atoms with van der Waals surface area (Å²) in [6, 6.07) is 0. The van der Waals surface area contributed by atoms with E-state index >= 15 is 0 Å². The average molecular weight is 274 g/mol. The minimum absolute atomic E-state index is 0.0519. The van der Waals surface area contributed by atoms with E-state index in [-0.39, 0.29) is 17.4 Å². The van der Waals surface area contributed by atoms with Gasteiger partial charge in [-0.05, 0) is 18.8 Å². The van der Waals surface area contributed by atoms with Crippen LogP contribution in [0.15, 0.2) is 0 Å². The Morgan fingerprint density at radius 1 is 1.33 bits per heavy atom. The Kier molecular flexibility index (Phi) is 3.69. The maximum absolute atomic E-state index is 12.4. The maximum Gasteiger partial charge on any atom is 0.242 e. The van der Waals surface area contributed by atoms with E-state index in [1.54, 1.807) is 4.90 Å². The molecule has 1 aliphatic carbocycles. The molecule has 2 fully saturated rings. The van der Waals surface area contributed by atoms with Crippen LogP contribution in [0.2, 0.25) is 0 Å². The van der Waals surface area contributed by atoms with Crippen LogP contribution in [0.3, 0.4) is 0 Å². The second-order valence-corrected chi connectivity index (χ2v) is 8.11. The van der Waals surface area contributed by atoms with Gasteiger partial charge in [-0.2, -0.15) is 0 Å². The third kappa shape index (κ3) is 2.85. The summed E-state index contributed by atoms with van der Waals surface area (Å²) in [5.74, 6) is 0.569. The number of nitrogens with zero attached hydrogens (tertiary/aromatic N) is 1. The van der Waals surface area contributed by atoms with E-state index in [4.69, 9.17) is 5.73 Å². The molecule has 2 rings (SSSR count). The number of rotatable bonds is 1. The minimum Gasteiger partial charge on any atom is -0.339 e. The van der Waals surface area contributed by atoms with Gasteiger partial charge in [-0.3, -0.25) is 4.79 Å². The zero-order valence-electron chi connectivity index (χ0n) is 10.9. The monoisotopic (exact) mass is 274 g/mol. The Labute approximate surface area is 109 Å². The number of carbonyl (C=O) groups is 1. The van der Waals surface area contributed by atoms with Crippen molar-refractivity contribution in [2.75, 3.05) is 24.6 Å². The number of amides is 1. The summed E-state index contributed by atoms with van der Waals surface area (Å²) < 4.78 is 22.7. The number of nitrogens with two attached hydrogens (primary N) is 1. The number of carbonyl (C=O) groups excluding carboxylic acids is 1. The molecule has 0 aromatic rings. The van der Waals surface area contributed by atoms with Crippen LogP contribution in [0.1, 0.15) is 32.6 Å². The molecular weight excluding hydrogens is 252 g/mol. The zero-order chi connectivity index (χ0) is 13.4. The molecule has 0 radical (unpaired) electrons. The quantitative estimate of drug-likeness (QED) is 0.738. The molecule has 0 aromatic carbocycles. The van der Waals surface area contributed by atoms with Gasteiger partial charge in [0.25, 0.3) is 0 Å². The van der Waals surface area contributed by atoms with Crippen LogP contribution in [0, 0.1) is 5.92 Å². The molecule has 6 heteroatoms. The number of hydrogen-bond donors (Lipinski definition) is 1. The summed E-state index contributed by atoms with van der Waals surface area (Å²) in [4.78, 5) is 14.1. The van der Waals surface area contributed by atoms with E-state index in [9.17, 15) is 13.2 Å². The van der Waals surface area contributed by atoms with E-state index in [2.05, 4.69) is 6.92 Å². The summed E-state index contributed by atoms with van der Waals surface area (Å²) in [5, 5.41) is 0. The standard InChI is InChI=1S/C12H22N2O3S/c1-10-3-2-4-12(13,9-10)11(15)14-5-7-18(16,17)8-6-14/h10H,2-9,13H2,1H3. The van der Waals surface area contributed by atoms with Crippen molar-refractivity contribution in [3.8, 4) is 0 Å². The summed E-state index contributed by atoms with van der Waals surface area (Å²) in [7, 11) is -2.95. The molecule has 0 aromatic heterocycles. The lowest BCUT2D eigenvalue weighted by Gasteiger charge is -2.40. The lowest BCUT2D eigenvalue weighted by molar-refractivity contribution is -0.138. The molecule has 18 heavy (non-hydrogen) atoms. The second-order valence-electron chi connectivity index (χ2n) is 5.80. The van der Waals surface area contributed by atoms with Crippen molar-refractivity contribution in [2.24, 2.45) is 11.7 Å². The maximum atomic E-state index is 12.4. The topological polar surface area (TPSA) is 80.5 Å². The molecule has 2 atom stereocenters. The lowest BCUT2D eigenvalue weighted by atomic mass is 9.76. The predicted octanol–water partition coefficient (Wildman–Crippen LogP) is 0.151. The third-order valence-corrected chi connectivity index (χ3v) is 5.70. The normalized spacial score (nSPS) is 36.3. The highest BCUT2D eigenvalue weighted by molar-refractivity contribution is 7.91. The molecule has 0 bridgehead atoms. The lowest BCUT2D eigenvalue weighted by Crippen LogP contribution is -2.59. The van der Waals surface area contributed by atoms with Crippen LogP contribution in [-0.4, -0.2) is 49.4 Å². The van der Waals surface area contributed by atoms with E-state index < -0.39 is 15.4 Å². The summed E-state index contributed by atoms with van der Waals surface area (Å²) in [5.41, 5.74) is 5.49. The van der Waals surface area contributed by atoms with Crippen molar-refractivity contribution in [2.45, 2.75) is 38.1 Å². The molecule has 1 aliphatic heterocycles. The summed E-state index contributed by atoms with van der Waals surface area (Å²) in [6.07, 6.45) is 3.55. The molecular formula is C12H22N2O3S. The SMILES string of the molecule is CC1CCCC(N)(C(=O)N2CCS(=O)(=O)CC2)C1. The molecule has 1 saturated carbocycles. The molecule has 1 amide bonds. The first kappa shape index (κ1) is 13.8. The number of hydrogen-bond acceptors (Lipinski definition) is 4. The molecule has 1 heterocycles. The minimum atomic E-state index is -2.95. The van der Waals surface area contributed by atoms with Crippen molar-refractivity contribution in [3.63, 3.8) is 0 Å². The third-order valence-electron chi connectivity index (χ3n) is 4.09. The van der Waals surface area contributed by atoms with Gasteiger partial charge < -0.3 is 10.6 Å². The smallest absolute Gasteiger partial charge is 0.242 e. The molecule has 1 saturated heterocycles. The number of sulfone groups is 1. The van der Waals surface area contributed by atoms with Crippen LogP contribution < -0.4 is 5.73 Å². The van der Waals surface area contributed by atoms with Gasteiger partial charge in [0.05, 0.1) is 17.0 Å². The van der Waals surface area contributed by atoms with Crippen LogP contribution in [0.25, 0.3) is 0 Å². The van der Waals surface area contributed by atoms with Crippen LogP contribution >= 0.6 is 0 Å². The van der Waals surface area contributed by atoms with Crippen LogP contribution in [0.5, 0.6) is 0 Å². The van der Waals surface area contributed by atoms with Gasteiger partial charge in [0, 0.05) is 13.1 Å². The Balaban J connectivity index is 2.03. The van der Waals surface area contributed by atoms with Crippen LogP contribution in [-0.2, 0) is 14.6 Å². The van der Waals surface area contributed by atoms with E-state index in [1.807, 2.05) is 0 Å². The molecule has 2 N–H and O–H groups in total. The highest BCUT2D eigenvalue weighted by Crippen LogP contribution is 2.32. The largest absolute Gasteiger partial charge is 0.339 e.